The van der Waals surface area contributed by atoms with Crippen molar-refractivity contribution in [3.63, 3.8) is 0 Å². The number of ketones is 1. The highest BCUT2D eigenvalue weighted by atomic mass is 16.2. The standard InChI is InChI=1S/C21H19N3O2/c1-15(25)16-8-10-18(11-9-16)23-19-12-17(13-22-14-19)21(26)24(2)20-6-4-3-5-7-20/h3-14,23H,1-2H3. The lowest BCUT2D eigenvalue weighted by Gasteiger charge is -2.17. The van der Waals surface area contributed by atoms with Crippen LogP contribution in [0.2, 0.25) is 0 Å². The molecule has 0 radical (unpaired) electrons. The molecule has 1 amide bonds. The lowest BCUT2D eigenvalue weighted by Crippen LogP contribution is -2.26. The zero-order valence-electron chi connectivity index (χ0n) is 14.6. The van der Waals surface area contributed by atoms with Gasteiger partial charge >= 0.3 is 0 Å². The number of carbonyl (C=O) groups excluding carboxylic acids is 2. The number of pyridine rings is 1. The number of Topliss-reactive ketones (excluding diaryl/α,β-unsaturated/α-hetero) is 1. The van der Waals surface area contributed by atoms with Gasteiger partial charge < -0.3 is 10.2 Å². The van der Waals surface area contributed by atoms with Crippen molar-refractivity contribution in [2.45, 2.75) is 6.92 Å². The molecule has 0 saturated heterocycles. The van der Waals surface area contributed by atoms with Crippen LogP contribution in [-0.2, 0) is 0 Å². The molecule has 0 fully saturated rings. The molecule has 5 nitrogen and oxygen atoms in total. The Morgan fingerprint density at radius 1 is 0.885 bits per heavy atom. The highest BCUT2D eigenvalue weighted by molar-refractivity contribution is 6.06. The summed E-state index contributed by atoms with van der Waals surface area (Å²) >= 11 is 0. The fraction of sp³-hybridized carbons (Fsp3) is 0.0952. The van der Waals surface area contributed by atoms with Gasteiger partial charge in [0, 0.05) is 30.2 Å². The summed E-state index contributed by atoms with van der Waals surface area (Å²) in [6, 6.07) is 18.4. The van der Waals surface area contributed by atoms with Crippen molar-refractivity contribution < 1.29 is 9.59 Å². The van der Waals surface area contributed by atoms with Crippen molar-refractivity contribution in [2.24, 2.45) is 0 Å². The van der Waals surface area contributed by atoms with E-state index >= 15 is 0 Å². The minimum absolute atomic E-state index is 0.0229. The van der Waals surface area contributed by atoms with Crippen LogP contribution in [0.15, 0.2) is 73.1 Å². The number of nitrogens with zero attached hydrogens (tertiary/aromatic N) is 2. The summed E-state index contributed by atoms with van der Waals surface area (Å²) in [5.41, 5.74) is 3.48. The van der Waals surface area contributed by atoms with E-state index in [0.717, 1.165) is 11.4 Å². The predicted octanol–water partition coefficient (Wildman–Crippen LogP) is 4.30. The summed E-state index contributed by atoms with van der Waals surface area (Å²) in [5.74, 6) is -0.117. The third kappa shape index (κ3) is 3.95. The van der Waals surface area contributed by atoms with Crippen LogP contribution in [-0.4, -0.2) is 23.7 Å². The smallest absolute Gasteiger partial charge is 0.259 e. The van der Waals surface area contributed by atoms with Crippen LogP contribution in [0.4, 0.5) is 17.1 Å². The topological polar surface area (TPSA) is 62.3 Å². The quantitative estimate of drug-likeness (QED) is 0.700. The van der Waals surface area contributed by atoms with E-state index < -0.39 is 0 Å². The van der Waals surface area contributed by atoms with E-state index in [1.165, 1.54) is 6.92 Å². The summed E-state index contributed by atoms with van der Waals surface area (Å²) in [7, 11) is 1.73. The van der Waals surface area contributed by atoms with Crippen LogP contribution in [0, 0.1) is 0 Å². The highest BCUT2D eigenvalue weighted by Gasteiger charge is 2.14. The molecule has 0 bridgehead atoms. The summed E-state index contributed by atoms with van der Waals surface area (Å²) in [4.78, 5) is 29.8. The first kappa shape index (κ1) is 17.4. The van der Waals surface area contributed by atoms with Crippen molar-refractivity contribution in [3.8, 4) is 0 Å². The number of para-hydroxylation sites is 1. The zero-order chi connectivity index (χ0) is 18.5. The van der Waals surface area contributed by atoms with Gasteiger partial charge in [0.25, 0.3) is 5.91 Å². The molecule has 3 aromatic rings. The molecule has 2 aromatic carbocycles. The molecule has 0 spiro atoms. The maximum Gasteiger partial charge on any atom is 0.259 e. The van der Waals surface area contributed by atoms with Crippen molar-refractivity contribution in [1.82, 2.24) is 4.98 Å². The maximum absolute atomic E-state index is 12.7. The SMILES string of the molecule is CC(=O)c1ccc(Nc2cncc(C(=O)N(C)c3ccccc3)c2)cc1. The molecule has 1 heterocycles. The molecule has 1 aromatic heterocycles. The molecule has 0 saturated carbocycles. The molecule has 130 valence electrons. The Morgan fingerprint density at radius 2 is 1.58 bits per heavy atom. The first-order chi connectivity index (χ1) is 12.5. The number of amides is 1. The lowest BCUT2D eigenvalue weighted by molar-refractivity contribution is 0.0990. The van der Waals surface area contributed by atoms with Gasteiger partial charge in [-0.3, -0.25) is 14.6 Å². The maximum atomic E-state index is 12.7. The molecule has 5 heteroatoms. The van der Waals surface area contributed by atoms with Crippen LogP contribution in [0.25, 0.3) is 0 Å². The molecule has 0 atom stereocenters. The molecule has 0 aliphatic heterocycles. The third-order valence-electron chi connectivity index (χ3n) is 4.01. The minimum Gasteiger partial charge on any atom is -0.354 e. The first-order valence-corrected chi connectivity index (χ1v) is 8.21. The van der Waals surface area contributed by atoms with E-state index in [9.17, 15) is 9.59 Å². The Morgan fingerprint density at radius 3 is 2.23 bits per heavy atom. The number of carbonyl (C=O) groups is 2. The number of hydrogen-bond donors (Lipinski definition) is 1. The second kappa shape index (κ2) is 7.61. The predicted molar refractivity (Wildman–Crippen MR) is 103 cm³/mol. The van der Waals surface area contributed by atoms with Gasteiger partial charge in [-0.05, 0) is 49.4 Å². The largest absolute Gasteiger partial charge is 0.354 e. The molecule has 1 N–H and O–H groups in total. The number of hydrogen-bond acceptors (Lipinski definition) is 4. The van der Waals surface area contributed by atoms with Crippen LogP contribution in [0.3, 0.4) is 0 Å². The van der Waals surface area contributed by atoms with Crippen molar-refractivity contribution in [3.05, 3.63) is 84.2 Å². The lowest BCUT2D eigenvalue weighted by atomic mass is 10.1. The Balaban J connectivity index is 1.77. The van der Waals surface area contributed by atoms with Gasteiger partial charge in [-0.1, -0.05) is 18.2 Å². The van der Waals surface area contributed by atoms with Gasteiger partial charge in [-0.2, -0.15) is 0 Å². The Bertz CT molecular complexity index is 922. The van der Waals surface area contributed by atoms with Crippen molar-refractivity contribution >= 4 is 28.8 Å². The molecule has 26 heavy (non-hydrogen) atoms. The molecular weight excluding hydrogens is 326 g/mol. The summed E-state index contributed by atoms with van der Waals surface area (Å²) in [5, 5.41) is 3.20. The summed E-state index contributed by atoms with van der Waals surface area (Å²) in [6.07, 6.45) is 3.20. The van der Waals surface area contributed by atoms with E-state index in [1.54, 1.807) is 42.5 Å². The number of anilines is 3. The van der Waals surface area contributed by atoms with Crippen molar-refractivity contribution in [1.29, 1.82) is 0 Å². The molecule has 3 rings (SSSR count). The average molecular weight is 345 g/mol. The van der Waals surface area contributed by atoms with E-state index in [2.05, 4.69) is 10.3 Å². The van der Waals surface area contributed by atoms with E-state index in [1.807, 2.05) is 42.5 Å². The monoisotopic (exact) mass is 345 g/mol. The minimum atomic E-state index is -0.140. The Hall–Kier alpha value is -3.47. The fourth-order valence-corrected chi connectivity index (χ4v) is 2.54. The van der Waals surface area contributed by atoms with E-state index in [-0.39, 0.29) is 11.7 Å². The van der Waals surface area contributed by atoms with Gasteiger partial charge in [0.05, 0.1) is 17.4 Å². The van der Waals surface area contributed by atoms with Crippen molar-refractivity contribution in [2.75, 3.05) is 17.3 Å². The number of aromatic nitrogens is 1. The number of nitrogens with one attached hydrogen (secondary N) is 1. The normalized spacial score (nSPS) is 10.2. The van der Waals surface area contributed by atoms with Crippen LogP contribution in [0.1, 0.15) is 27.6 Å². The molecule has 0 aliphatic rings. The van der Waals surface area contributed by atoms with Gasteiger partial charge in [-0.15, -0.1) is 0 Å². The fourth-order valence-electron chi connectivity index (χ4n) is 2.54. The second-order valence-electron chi connectivity index (χ2n) is 5.92. The van der Waals surface area contributed by atoms with Crippen LogP contribution in [0.5, 0.6) is 0 Å². The second-order valence-corrected chi connectivity index (χ2v) is 5.92. The molecular formula is C21H19N3O2. The zero-order valence-corrected chi connectivity index (χ0v) is 14.6. The summed E-state index contributed by atoms with van der Waals surface area (Å²) in [6.45, 7) is 1.53. The third-order valence-corrected chi connectivity index (χ3v) is 4.01. The van der Waals surface area contributed by atoms with Gasteiger partial charge in [-0.25, -0.2) is 0 Å². The Labute approximate surface area is 152 Å². The molecule has 0 aliphatic carbocycles. The highest BCUT2D eigenvalue weighted by Crippen LogP contribution is 2.20. The summed E-state index contributed by atoms with van der Waals surface area (Å²) < 4.78 is 0. The van der Waals surface area contributed by atoms with Gasteiger partial charge in [0.1, 0.15) is 0 Å². The van der Waals surface area contributed by atoms with Gasteiger partial charge in [0.15, 0.2) is 5.78 Å². The number of rotatable bonds is 5. The van der Waals surface area contributed by atoms with Crippen LogP contribution >= 0.6 is 0 Å². The van der Waals surface area contributed by atoms with E-state index in [4.69, 9.17) is 0 Å². The first-order valence-electron chi connectivity index (χ1n) is 8.21. The van der Waals surface area contributed by atoms with Crippen LogP contribution < -0.4 is 10.2 Å². The molecule has 0 unspecified atom stereocenters. The van der Waals surface area contributed by atoms with Gasteiger partial charge in [0.2, 0.25) is 0 Å². The number of benzene rings is 2. The Kier molecular flexibility index (Phi) is 5.08. The average Bonchev–Trinajstić information content (AvgIpc) is 2.68. The van der Waals surface area contributed by atoms with E-state index in [0.29, 0.717) is 16.8 Å².